The van der Waals surface area contributed by atoms with Crippen LogP contribution in [-0.4, -0.2) is 30.3 Å². The zero-order chi connectivity index (χ0) is 30.4. The number of benzene rings is 3. The number of carbonyl (C=O) groups is 1. The van der Waals surface area contributed by atoms with Crippen LogP contribution in [-0.2, 0) is 13.5 Å². The van der Waals surface area contributed by atoms with E-state index < -0.39 is 23.0 Å². The Kier molecular flexibility index (Phi) is 6.97. The fourth-order valence-corrected chi connectivity index (χ4v) is 5.39. The number of aromatic amines is 1. The third-order valence-electron chi connectivity index (χ3n) is 7.35. The van der Waals surface area contributed by atoms with E-state index in [2.05, 4.69) is 15.3 Å². The number of rotatable bonds is 7. The highest BCUT2D eigenvalue weighted by atomic mass is 19.1. The lowest BCUT2D eigenvalue weighted by molar-refractivity contribution is 0.0990. The minimum atomic E-state index is -0.658. The van der Waals surface area contributed by atoms with Crippen molar-refractivity contribution >= 4 is 16.7 Å². The summed E-state index contributed by atoms with van der Waals surface area (Å²) in [4.78, 5) is 26.8. The number of halogens is 2. The second-order valence-corrected chi connectivity index (χ2v) is 10.5. The van der Waals surface area contributed by atoms with Crippen LogP contribution >= 0.6 is 0 Å². The molecule has 216 valence electrons. The van der Waals surface area contributed by atoms with Crippen LogP contribution in [0.1, 0.15) is 32.9 Å². The number of ketones is 1. The molecule has 0 aliphatic rings. The molecule has 3 aromatic carbocycles. The summed E-state index contributed by atoms with van der Waals surface area (Å²) < 4.78 is 38.1. The van der Waals surface area contributed by atoms with Crippen LogP contribution in [0.5, 0.6) is 11.5 Å². The summed E-state index contributed by atoms with van der Waals surface area (Å²) >= 11 is 0. The molecule has 0 aliphatic heterocycles. The zero-order valence-electron chi connectivity index (χ0n) is 23.9. The van der Waals surface area contributed by atoms with Gasteiger partial charge in [-0.3, -0.25) is 23.9 Å². The van der Waals surface area contributed by atoms with E-state index in [1.807, 2.05) is 26.1 Å². The number of carbonyl (C=O) groups excluding carboxylic acids is 1. The Morgan fingerprint density at radius 2 is 1.72 bits per heavy atom. The lowest BCUT2D eigenvalue weighted by atomic mass is 9.99. The highest BCUT2D eigenvalue weighted by Gasteiger charge is 2.21. The summed E-state index contributed by atoms with van der Waals surface area (Å²) in [5.74, 6) is -1.15. The molecule has 43 heavy (non-hydrogen) atoms. The SMILES string of the molecule is Cc1cc(-c2cc3[nH]ncc3cc2Oc2ccc(CC(=O)c3c(C)cc(C)n(-c4ccc(F)cc4)c3=O)cc2F)n(C)n1. The number of aryl methyl sites for hydroxylation is 4. The number of hydrogen-bond donors (Lipinski definition) is 1. The van der Waals surface area contributed by atoms with E-state index >= 15 is 4.39 Å². The van der Waals surface area contributed by atoms with Gasteiger partial charge in [-0.2, -0.15) is 10.2 Å². The summed E-state index contributed by atoms with van der Waals surface area (Å²) in [6.45, 7) is 5.31. The molecule has 0 fully saturated rings. The fourth-order valence-electron chi connectivity index (χ4n) is 5.39. The summed E-state index contributed by atoms with van der Waals surface area (Å²) in [6, 6.07) is 17.1. The van der Waals surface area contributed by atoms with Gasteiger partial charge in [0.15, 0.2) is 17.3 Å². The molecule has 0 aliphatic carbocycles. The summed E-state index contributed by atoms with van der Waals surface area (Å²) in [5, 5.41) is 12.2. The van der Waals surface area contributed by atoms with Crippen molar-refractivity contribution in [2.24, 2.45) is 7.05 Å². The van der Waals surface area contributed by atoms with Gasteiger partial charge in [-0.25, -0.2) is 8.78 Å². The Morgan fingerprint density at radius 3 is 2.42 bits per heavy atom. The lowest BCUT2D eigenvalue weighted by Gasteiger charge is -2.15. The van der Waals surface area contributed by atoms with E-state index in [4.69, 9.17) is 4.74 Å². The molecule has 6 aromatic rings. The largest absolute Gasteiger partial charge is 0.454 e. The number of H-pyrrole nitrogens is 1. The van der Waals surface area contributed by atoms with E-state index in [9.17, 15) is 14.0 Å². The van der Waals surface area contributed by atoms with Gasteiger partial charge in [0.05, 0.1) is 28.7 Å². The van der Waals surface area contributed by atoms with Gasteiger partial charge in [0.25, 0.3) is 5.56 Å². The first-order chi connectivity index (χ1) is 20.6. The van der Waals surface area contributed by atoms with Crippen LogP contribution in [0.25, 0.3) is 27.8 Å². The first-order valence-corrected chi connectivity index (χ1v) is 13.6. The van der Waals surface area contributed by atoms with Crippen molar-refractivity contribution < 1.29 is 18.3 Å². The van der Waals surface area contributed by atoms with Crippen molar-refractivity contribution in [3.63, 3.8) is 0 Å². The van der Waals surface area contributed by atoms with Crippen LogP contribution in [0.15, 0.2) is 77.7 Å². The minimum Gasteiger partial charge on any atom is -0.454 e. The fraction of sp³-hybridized carbons (Fsp3) is 0.152. The number of aromatic nitrogens is 5. The van der Waals surface area contributed by atoms with Crippen molar-refractivity contribution in [3.8, 4) is 28.4 Å². The van der Waals surface area contributed by atoms with Gasteiger partial charge >= 0.3 is 0 Å². The van der Waals surface area contributed by atoms with Crippen molar-refractivity contribution in [1.82, 2.24) is 24.5 Å². The molecule has 0 unspecified atom stereocenters. The third kappa shape index (κ3) is 5.23. The number of pyridine rings is 1. The number of fused-ring (bicyclic) bond motifs is 1. The van der Waals surface area contributed by atoms with Crippen LogP contribution < -0.4 is 10.3 Å². The van der Waals surface area contributed by atoms with Gasteiger partial charge in [0.1, 0.15) is 11.6 Å². The second kappa shape index (κ2) is 10.8. The van der Waals surface area contributed by atoms with Gasteiger partial charge in [0, 0.05) is 35.8 Å². The minimum absolute atomic E-state index is 0.000173. The van der Waals surface area contributed by atoms with E-state index in [1.165, 1.54) is 41.0 Å². The second-order valence-electron chi connectivity index (χ2n) is 10.5. The van der Waals surface area contributed by atoms with Gasteiger partial charge < -0.3 is 4.74 Å². The average Bonchev–Trinajstić information content (AvgIpc) is 3.55. The van der Waals surface area contributed by atoms with Gasteiger partial charge in [-0.15, -0.1) is 0 Å². The molecular formula is C33H27F2N5O3. The Balaban J connectivity index is 1.30. The van der Waals surface area contributed by atoms with Crippen LogP contribution in [0.3, 0.4) is 0 Å². The summed E-state index contributed by atoms with van der Waals surface area (Å²) in [6.07, 6.45) is 1.46. The number of Topliss-reactive ketones (excluding diaryl/α,β-unsaturated/α-hetero) is 1. The highest BCUT2D eigenvalue weighted by Crippen LogP contribution is 2.37. The molecule has 1 N–H and O–H groups in total. The molecule has 0 atom stereocenters. The maximum atomic E-state index is 15.4. The Bertz CT molecular complexity index is 2090. The third-order valence-corrected chi connectivity index (χ3v) is 7.35. The molecule has 10 heteroatoms. The Labute approximate surface area is 245 Å². The van der Waals surface area contributed by atoms with E-state index in [0.717, 1.165) is 22.3 Å². The average molecular weight is 580 g/mol. The van der Waals surface area contributed by atoms with Crippen LogP contribution in [0.2, 0.25) is 0 Å². The Morgan fingerprint density at radius 1 is 0.953 bits per heavy atom. The van der Waals surface area contributed by atoms with Crippen LogP contribution in [0.4, 0.5) is 8.78 Å². The monoisotopic (exact) mass is 579 g/mol. The molecule has 6 rings (SSSR count). The topological polar surface area (TPSA) is 94.8 Å². The van der Waals surface area contributed by atoms with Crippen molar-refractivity contribution in [3.05, 3.63) is 123 Å². The van der Waals surface area contributed by atoms with Crippen molar-refractivity contribution in [1.29, 1.82) is 0 Å². The summed E-state index contributed by atoms with van der Waals surface area (Å²) in [5.41, 5.74) is 4.53. The quantitative estimate of drug-likeness (QED) is 0.217. The molecule has 3 heterocycles. The zero-order valence-corrected chi connectivity index (χ0v) is 23.9. The van der Waals surface area contributed by atoms with E-state index in [1.54, 1.807) is 42.9 Å². The highest BCUT2D eigenvalue weighted by molar-refractivity contribution is 5.98. The predicted octanol–water partition coefficient (Wildman–Crippen LogP) is 6.54. The maximum absolute atomic E-state index is 15.4. The predicted molar refractivity (Wildman–Crippen MR) is 159 cm³/mol. The van der Waals surface area contributed by atoms with Crippen molar-refractivity contribution in [2.75, 3.05) is 0 Å². The molecule has 0 bridgehead atoms. The van der Waals surface area contributed by atoms with E-state index in [-0.39, 0.29) is 17.7 Å². The molecule has 0 amide bonds. The first-order valence-electron chi connectivity index (χ1n) is 13.6. The van der Waals surface area contributed by atoms with Crippen LogP contribution in [0, 0.1) is 32.4 Å². The normalized spacial score (nSPS) is 11.3. The van der Waals surface area contributed by atoms with Gasteiger partial charge in [-0.1, -0.05) is 6.07 Å². The molecule has 0 spiro atoms. The number of hydrogen-bond acceptors (Lipinski definition) is 5. The molecule has 8 nitrogen and oxygen atoms in total. The number of nitrogens with one attached hydrogen (secondary N) is 1. The van der Waals surface area contributed by atoms with E-state index in [0.29, 0.717) is 33.8 Å². The summed E-state index contributed by atoms with van der Waals surface area (Å²) in [7, 11) is 1.82. The van der Waals surface area contributed by atoms with Gasteiger partial charge in [-0.05, 0) is 92.6 Å². The van der Waals surface area contributed by atoms with Gasteiger partial charge in [0.2, 0.25) is 0 Å². The molecule has 3 aromatic heterocycles. The molecular weight excluding hydrogens is 552 g/mol. The number of nitrogens with zero attached hydrogens (tertiary/aromatic N) is 4. The Hall–Kier alpha value is -5.38. The molecule has 0 saturated heterocycles. The first kappa shape index (κ1) is 27.8. The smallest absolute Gasteiger partial charge is 0.266 e. The molecule has 0 saturated carbocycles. The maximum Gasteiger partial charge on any atom is 0.266 e. The van der Waals surface area contributed by atoms with Crippen molar-refractivity contribution in [2.45, 2.75) is 27.2 Å². The standard InChI is InChI=1S/C33H27F2N5O3/c1-18-11-20(3)40(24-8-6-23(34)7-9-24)33(42)32(18)29(41)14-21-5-10-30(26(35)13-21)43-31-15-22-17-36-37-27(22)16-25(31)28-12-19(2)38-39(28)4/h5-13,15-17H,14H2,1-4H3,(H,36,37). The molecule has 0 radical (unpaired) electrons. The number of ether oxygens (including phenoxy) is 1. The lowest BCUT2D eigenvalue weighted by Crippen LogP contribution is -2.29.